The number of benzene rings is 1. The maximum Gasteiger partial charge on any atom is 0.416 e. The molecule has 0 saturated carbocycles. The molecule has 1 amide bonds. The Labute approximate surface area is 121 Å². The van der Waals surface area contributed by atoms with E-state index in [-0.39, 0.29) is 18.5 Å². The van der Waals surface area contributed by atoms with Crippen molar-refractivity contribution in [3.63, 3.8) is 0 Å². The highest BCUT2D eigenvalue weighted by atomic mass is 19.4. The maximum atomic E-state index is 12.4. The Morgan fingerprint density at radius 1 is 1.19 bits per heavy atom. The van der Waals surface area contributed by atoms with Gasteiger partial charge in [0.1, 0.15) is 0 Å². The van der Waals surface area contributed by atoms with Gasteiger partial charge in [0.15, 0.2) is 0 Å². The zero-order valence-corrected chi connectivity index (χ0v) is 11.7. The fraction of sp³-hybridized carbons (Fsp3) is 0.533. The van der Waals surface area contributed by atoms with Gasteiger partial charge in [0.25, 0.3) is 0 Å². The highest BCUT2D eigenvalue weighted by Crippen LogP contribution is 2.29. The summed E-state index contributed by atoms with van der Waals surface area (Å²) in [5, 5.41) is 5.96. The van der Waals surface area contributed by atoms with Crippen LogP contribution >= 0.6 is 0 Å². The summed E-state index contributed by atoms with van der Waals surface area (Å²) >= 11 is 0. The molecule has 0 aliphatic carbocycles. The van der Waals surface area contributed by atoms with Crippen molar-refractivity contribution in [1.82, 2.24) is 10.6 Å². The van der Waals surface area contributed by atoms with E-state index in [0.29, 0.717) is 5.56 Å². The van der Waals surface area contributed by atoms with Crippen LogP contribution in [0, 0.1) is 0 Å². The third kappa shape index (κ3) is 4.74. The number of alkyl halides is 3. The molecule has 116 valence electrons. The molecule has 1 aromatic carbocycles. The largest absolute Gasteiger partial charge is 0.416 e. The highest BCUT2D eigenvalue weighted by Gasteiger charge is 2.29. The summed E-state index contributed by atoms with van der Waals surface area (Å²) in [6, 6.07) is 4.66. The van der Waals surface area contributed by atoms with Crippen LogP contribution in [-0.4, -0.2) is 18.5 Å². The van der Waals surface area contributed by atoms with Gasteiger partial charge in [-0.1, -0.05) is 25.0 Å². The van der Waals surface area contributed by atoms with Gasteiger partial charge >= 0.3 is 6.18 Å². The van der Waals surface area contributed by atoms with Crippen molar-refractivity contribution >= 4 is 5.91 Å². The average Bonchev–Trinajstić information content (AvgIpc) is 2.73. The molecule has 3 nitrogen and oxygen atoms in total. The summed E-state index contributed by atoms with van der Waals surface area (Å²) in [6.45, 7) is 1.08. The Morgan fingerprint density at radius 2 is 1.90 bits per heavy atom. The van der Waals surface area contributed by atoms with Crippen LogP contribution in [0.15, 0.2) is 24.3 Å². The summed E-state index contributed by atoms with van der Waals surface area (Å²) in [7, 11) is 0. The van der Waals surface area contributed by atoms with Crippen molar-refractivity contribution in [3.05, 3.63) is 35.4 Å². The van der Waals surface area contributed by atoms with Crippen molar-refractivity contribution in [2.75, 3.05) is 6.54 Å². The topological polar surface area (TPSA) is 41.1 Å². The van der Waals surface area contributed by atoms with E-state index in [1.165, 1.54) is 12.1 Å². The molecule has 0 bridgehead atoms. The van der Waals surface area contributed by atoms with E-state index in [9.17, 15) is 18.0 Å². The van der Waals surface area contributed by atoms with E-state index < -0.39 is 11.7 Å². The fourth-order valence-corrected chi connectivity index (χ4v) is 2.38. The molecule has 0 radical (unpaired) electrons. The number of rotatable bonds is 3. The normalized spacial score (nSPS) is 19.9. The Bertz CT molecular complexity index is 463. The Hall–Kier alpha value is -1.56. The lowest BCUT2D eigenvalue weighted by atomic mass is 10.1. The lowest BCUT2D eigenvalue weighted by molar-refractivity contribution is -0.137. The lowest BCUT2D eigenvalue weighted by Gasteiger charge is -2.15. The minimum Gasteiger partial charge on any atom is -0.351 e. The van der Waals surface area contributed by atoms with Crippen LogP contribution in [0.5, 0.6) is 0 Å². The Balaban J connectivity index is 1.86. The van der Waals surface area contributed by atoms with Gasteiger partial charge < -0.3 is 10.6 Å². The second-order valence-electron chi connectivity index (χ2n) is 5.27. The van der Waals surface area contributed by atoms with Gasteiger partial charge in [0.2, 0.25) is 5.91 Å². The van der Waals surface area contributed by atoms with Crippen molar-refractivity contribution in [3.8, 4) is 0 Å². The first kappa shape index (κ1) is 15.8. The molecule has 1 aliphatic rings. The molecule has 1 fully saturated rings. The van der Waals surface area contributed by atoms with Gasteiger partial charge in [-0.3, -0.25) is 4.79 Å². The molecular formula is C15H19F3N2O. The fourth-order valence-electron chi connectivity index (χ4n) is 2.38. The van der Waals surface area contributed by atoms with E-state index in [0.717, 1.165) is 44.4 Å². The van der Waals surface area contributed by atoms with Crippen LogP contribution in [0.25, 0.3) is 0 Å². The van der Waals surface area contributed by atoms with Crippen LogP contribution in [0.2, 0.25) is 0 Å². The van der Waals surface area contributed by atoms with Gasteiger partial charge in [-0.05, 0) is 37.1 Å². The molecule has 1 aromatic rings. The number of halogens is 3. The molecule has 2 N–H and O–H groups in total. The smallest absolute Gasteiger partial charge is 0.351 e. The third-order valence-electron chi connectivity index (χ3n) is 3.62. The molecule has 1 heterocycles. The van der Waals surface area contributed by atoms with Gasteiger partial charge in [0, 0.05) is 6.54 Å². The number of carbonyl (C=O) groups is 1. The van der Waals surface area contributed by atoms with Crippen molar-refractivity contribution in [2.24, 2.45) is 0 Å². The van der Waals surface area contributed by atoms with E-state index in [1.54, 1.807) is 0 Å². The van der Waals surface area contributed by atoms with E-state index >= 15 is 0 Å². The molecule has 1 saturated heterocycles. The third-order valence-corrected chi connectivity index (χ3v) is 3.62. The monoisotopic (exact) mass is 300 g/mol. The Morgan fingerprint density at radius 3 is 2.57 bits per heavy atom. The van der Waals surface area contributed by atoms with E-state index in [1.807, 2.05) is 0 Å². The van der Waals surface area contributed by atoms with Crippen LogP contribution < -0.4 is 10.6 Å². The second-order valence-corrected chi connectivity index (χ2v) is 5.27. The minimum absolute atomic E-state index is 0.0863. The molecule has 2 rings (SSSR count). The van der Waals surface area contributed by atoms with Gasteiger partial charge in [0.05, 0.1) is 11.6 Å². The van der Waals surface area contributed by atoms with Gasteiger partial charge in [-0.15, -0.1) is 0 Å². The highest BCUT2D eigenvalue weighted by molar-refractivity contribution is 5.81. The first-order valence-corrected chi connectivity index (χ1v) is 7.14. The Kier molecular flexibility index (Phi) is 5.22. The molecule has 6 heteroatoms. The number of hydrogen-bond donors (Lipinski definition) is 2. The summed E-state index contributed by atoms with van der Waals surface area (Å²) in [4.78, 5) is 12.0. The van der Waals surface area contributed by atoms with Gasteiger partial charge in [-0.2, -0.15) is 13.2 Å². The lowest BCUT2D eigenvalue weighted by Crippen LogP contribution is -2.43. The summed E-state index contributed by atoms with van der Waals surface area (Å²) in [6.07, 6.45) is -0.311. The second kappa shape index (κ2) is 6.93. The van der Waals surface area contributed by atoms with Crippen molar-refractivity contribution in [1.29, 1.82) is 0 Å². The van der Waals surface area contributed by atoms with E-state index in [2.05, 4.69) is 10.6 Å². The van der Waals surface area contributed by atoms with Crippen molar-refractivity contribution in [2.45, 2.75) is 44.4 Å². The van der Waals surface area contributed by atoms with Crippen LogP contribution in [-0.2, 0) is 17.5 Å². The summed E-state index contributed by atoms with van der Waals surface area (Å²) in [5.41, 5.74) is -0.0204. The molecular weight excluding hydrogens is 281 g/mol. The minimum atomic E-state index is -4.33. The summed E-state index contributed by atoms with van der Waals surface area (Å²) in [5.74, 6) is -0.0863. The number of nitrogens with one attached hydrogen (secondary N) is 2. The maximum absolute atomic E-state index is 12.4. The van der Waals surface area contributed by atoms with Gasteiger partial charge in [-0.25, -0.2) is 0 Å². The van der Waals surface area contributed by atoms with Crippen LogP contribution in [0.1, 0.15) is 36.8 Å². The molecule has 0 aromatic heterocycles. The standard InChI is InChI=1S/C15H19F3N2O/c16-15(17,18)12-7-5-11(6-8-12)10-20-14(21)13-4-2-1-3-9-19-13/h5-8,13,19H,1-4,9-10H2,(H,20,21)/t13-/m1/s1. The quantitative estimate of drug-likeness (QED) is 0.901. The first-order valence-electron chi connectivity index (χ1n) is 7.14. The van der Waals surface area contributed by atoms with Crippen LogP contribution in [0.4, 0.5) is 13.2 Å². The zero-order chi connectivity index (χ0) is 15.3. The number of amides is 1. The number of hydrogen-bond acceptors (Lipinski definition) is 2. The predicted octanol–water partition coefficient (Wildman–Crippen LogP) is 2.85. The van der Waals surface area contributed by atoms with Crippen molar-refractivity contribution < 1.29 is 18.0 Å². The molecule has 1 aliphatic heterocycles. The first-order chi connectivity index (χ1) is 9.97. The van der Waals surface area contributed by atoms with E-state index in [4.69, 9.17) is 0 Å². The predicted molar refractivity (Wildman–Crippen MR) is 73.5 cm³/mol. The molecule has 0 unspecified atom stereocenters. The average molecular weight is 300 g/mol. The zero-order valence-electron chi connectivity index (χ0n) is 11.7. The molecule has 0 spiro atoms. The summed E-state index contributed by atoms with van der Waals surface area (Å²) < 4.78 is 37.3. The number of carbonyl (C=O) groups excluding carboxylic acids is 1. The SMILES string of the molecule is O=C(NCc1ccc(C(F)(F)F)cc1)[C@H]1CCCCCN1. The molecule has 21 heavy (non-hydrogen) atoms. The molecule has 1 atom stereocenters. The van der Waals surface area contributed by atoms with Crippen LogP contribution in [0.3, 0.4) is 0 Å².